The molecule has 0 aliphatic rings. The van der Waals surface area contributed by atoms with Gasteiger partial charge in [-0.3, -0.25) is 4.79 Å². The summed E-state index contributed by atoms with van der Waals surface area (Å²) in [6.45, 7) is 2.48. The van der Waals surface area contributed by atoms with Crippen LogP contribution in [0.15, 0.2) is 53.6 Å². The summed E-state index contributed by atoms with van der Waals surface area (Å²) in [5.41, 5.74) is 4.37. The van der Waals surface area contributed by atoms with Crippen molar-refractivity contribution >= 4 is 23.7 Å². The fraction of sp³-hybridized carbons (Fsp3) is 0.263. The lowest BCUT2D eigenvalue weighted by Crippen LogP contribution is -2.16. The number of carbonyl (C=O) groups excluding carboxylic acids is 1. The normalized spacial score (nSPS) is 10.8. The van der Waals surface area contributed by atoms with Crippen LogP contribution in [0.25, 0.3) is 0 Å². The van der Waals surface area contributed by atoms with Crippen LogP contribution < -0.4 is 10.2 Å². The predicted octanol–water partition coefficient (Wildman–Crippen LogP) is 4.56. The van der Waals surface area contributed by atoms with Crippen molar-refractivity contribution < 1.29 is 9.53 Å². The summed E-state index contributed by atoms with van der Waals surface area (Å²) < 4.78 is 5.84. The number of rotatable bonds is 8. The van der Waals surface area contributed by atoms with Gasteiger partial charge in [0.05, 0.1) is 6.21 Å². The van der Waals surface area contributed by atoms with Crippen molar-refractivity contribution in [2.24, 2.45) is 5.10 Å². The third kappa shape index (κ3) is 6.05. The average Bonchev–Trinajstić information content (AvgIpc) is 2.60. The molecule has 0 fully saturated rings. The van der Waals surface area contributed by atoms with Crippen LogP contribution in [0.3, 0.4) is 0 Å². The molecule has 126 valence electrons. The van der Waals surface area contributed by atoms with E-state index in [4.69, 9.17) is 16.3 Å². The van der Waals surface area contributed by atoms with E-state index >= 15 is 0 Å². The number of nitrogens with one attached hydrogen (secondary N) is 1. The van der Waals surface area contributed by atoms with E-state index in [0.29, 0.717) is 23.8 Å². The highest BCUT2D eigenvalue weighted by atomic mass is 35.5. The van der Waals surface area contributed by atoms with Gasteiger partial charge in [-0.15, -0.1) is 0 Å². The quantitative estimate of drug-likeness (QED) is 0.563. The van der Waals surface area contributed by atoms with E-state index in [1.807, 2.05) is 55.5 Å². The summed E-state index contributed by atoms with van der Waals surface area (Å²) in [5.74, 6) is 0.631. The van der Waals surface area contributed by atoms with Crippen LogP contribution in [0, 0.1) is 0 Å². The molecule has 0 spiro atoms. The maximum Gasteiger partial charge on any atom is 0.240 e. The predicted molar refractivity (Wildman–Crippen MR) is 97.5 cm³/mol. The molecule has 1 amide bonds. The Kier molecular flexibility index (Phi) is 7.30. The van der Waals surface area contributed by atoms with Gasteiger partial charge in [-0.05, 0) is 36.2 Å². The molecule has 1 N–H and O–H groups in total. The number of hydrogen-bond acceptors (Lipinski definition) is 3. The van der Waals surface area contributed by atoms with Crippen LogP contribution in [-0.4, -0.2) is 12.1 Å². The Labute approximate surface area is 147 Å². The summed E-state index contributed by atoms with van der Waals surface area (Å²) in [4.78, 5) is 11.5. The highest BCUT2D eigenvalue weighted by Crippen LogP contribution is 2.18. The molecule has 2 aromatic carbocycles. The molecule has 5 heteroatoms. The molecule has 2 rings (SSSR count). The third-order valence-electron chi connectivity index (χ3n) is 3.38. The Bertz CT molecular complexity index is 684. The largest absolute Gasteiger partial charge is 0.488 e. The minimum absolute atomic E-state index is 0.0762. The molecule has 0 saturated heterocycles. The molecule has 0 aliphatic carbocycles. The first-order valence-corrected chi connectivity index (χ1v) is 8.35. The molecule has 0 bridgehead atoms. The molecule has 24 heavy (non-hydrogen) atoms. The highest BCUT2D eigenvalue weighted by Gasteiger charge is 2.02. The Morgan fingerprint density at radius 1 is 1.21 bits per heavy atom. The van der Waals surface area contributed by atoms with Gasteiger partial charge in [0.15, 0.2) is 0 Å². The Hall–Kier alpha value is -2.33. The molecule has 0 heterocycles. The van der Waals surface area contributed by atoms with Crippen LogP contribution >= 0.6 is 11.6 Å². The minimum atomic E-state index is -0.0762. The van der Waals surface area contributed by atoms with Crippen LogP contribution in [0.1, 0.15) is 37.3 Å². The fourth-order valence-corrected chi connectivity index (χ4v) is 2.15. The van der Waals surface area contributed by atoms with Gasteiger partial charge in [-0.1, -0.05) is 49.2 Å². The number of carbonyl (C=O) groups is 1. The van der Waals surface area contributed by atoms with E-state index in [0.717, 1.165) is 24.0 Å². The van der Waals surface area contributed by atoms with Crippen molar-refractivity contribution in [2.45, 2.75) is 32.8 Å². The van der Waals surface area contributed by atoms with Crippen LogP contribution in [0.2, 0.25) is 5.02 Å². The number of ether oxygens (including phenoxy) is 1. The van der Waals surface area contributed by atoms with Crippen molar-refractivity contribution in [1.82, 2.24) is 5.43 Å². The van der Waals surface area contributed by atoms with Crippen molar-refractivity contribution in [3.63, 3.8) is 0 Å². The zero-order valence-corrected chi connectivity index (χ0v) is 14.4. The van der Waals surface area contributed by atoms with Gasteiger partial charge in [0.25, 0.3) is 0 Å². The average molecular weight is 345 g/mol. The molecule has 0 saturated carbocycles. The molecular weight excluding hydrogens is 324 g/mol. The number of benzene rings is 2. The molecule has 0 radical (unpaired) electrons. The van der Waals surface area contributed by atoms with E-state index in [1.54, 1.807) is 6.21 Å². The van der Waals surface area contributed by atoms with Gasteiger partial charge in [-0.2, -0.15) is 5.10 Å². The lowest BCUT2D eigenvalue weighted by Gasteiger charge is -2.09. The lowest BCUT2D eigenvalue weighted by atomic mass is 10.2. The molecule has 4 nitrogen and oxygen atoms in total. The highest BCUT2D eigenvalue weighted by molar-refractivity contribution is 6.30. The molecule has 0 aliphatic heterocycles. The summed E-state index contributed by atoms with van der Waals surface area (Å²) in [6.07, 6.45) is 3.93. The van der Waals surface area contributed by atoms with Gasteiger partial charge in [0, 0.05) is 17.0 Å². The summed E-state index contributed by atoms with van der Waals surface area (Å²) in [6, 6.07) is 15.1. The van der Waals surface area contributed by atoms with Crippen molar-refractivity contribution in [3.05, 3.63) is 64.7 Å². The molecule has 0 unspecified atom stereocenters. The first kappa shape index (κ1) is 18.0. The number of amides is 1. The number of nitrogens with zero attached hydrogens (tertiary/aromatic N) is 1. The van der Waals surface area contributed by atoms with Crippen LogP contribution in [-0.2, 0) is 11.4 Å². The van der Waals surface area contributed by atoms with E-state index in [9.17, 15) is 4.79 Å². The molecule has 2 aromatic rings. The van der Waals surface area contributed by atoms with Crippen molar-refractivity contribution in [3.8, 4) is 5.75 Å². The SMILES string of the molecule is CCCCC(=O)N/N=C/c1ccccc1OCc1ccc(Cl)cc1. The summed E-state index contributed by atoms with van der Waals surface area (Å²) in [7, 11) is 0. The Morgan fingerprint density at radius 2 is 1.96 bits per heavy atom. The van der Waals surface area contributed by atoms with Gasteiger partial charge in [-0.25, -0.2) is 5.43 Å². The van der Waals surface area contributed by atoms with E-state index in [-0.39, 0.29) is 5.91 Å². The fourth-order valence-electron chi connectivity index (χ4n) is 2.03. The topological polar surface area (TPSA) is 50.7 Å². The monoisotopic (exact) mass is 344 g/mol. The Morgan fingerprint density at radius 3 is 2.71 bits per heavy atom. The zero-order chi connectivity index (χ0) is 17.2. The van der Waals surface area contributed by atoms with Gasteiger partial charge >= 0.3 is 0 Å². The lowest BCUT2D eigenvalue weighted by molar-refractivity contribution is -0.121. The Balaban J connectivity index is 1.94. The van der Waals surface area contributed by atoms with E-state index in [1.165, 1.54) is 0 Å². The van der Waals surface area contributed by atoms with E-state index < -0.39 is 0 Å². The summed E-state index contributed by atoms with van der Waals surface area (Å²) >= 11 is 5.88. The van der Waals surface area contributed by atoms with E-state index in [2.05, 4.69) is 10.5 Å². The zero-order valence-electron chi connectivity index (χ0n) is 13.7. The van der Waals surface area contributed by atoms with Crippen molar-refractivity contribution in [1.29, 1.82) is 0 Å². The number of hydrogen-bond donors (Lipinski definition) is 1. The first-order chi connectivity index (χ1) is 11.7. The third-order valence-corrected chi connectivity index (χ3v) is 3.63. The van der Waals surface area contributed by atoms with Gasteiger partial charge < -0.3 is 4.74 Å². The molecular formula is C19H21ClN2O2. The number of hydrazone groups is 1. The second kappa shape index (κ2) is 9.73. The van der Waals surface area contributed by atoms with Crippen molar-refractivity contribution in [2.75, 3.05) is 0 Å². The summed E-state index contributed by atoms with van der Waals surface area (Å²) in [5, 5.41) is 4.70. The van der Waals surface area contributed by atoms with Crippen LogP contribution in [0.4, 0.5) is 0 Å². The maximum absolute atomic E-state index is 11.5. The molecule has 0 aromatic heterocycles. The second-order valence-corrected chi connectivity index (χ2v) is 5.79. The number of halogens is 1. The minimum Gasteiger partial charge on any atom is -0.488 e. The van der Waals surface area contributed by atoms with Gasteiger partial charge in [0.1, 0.15) is 12.4 Å². The first-order valence-electron chi connectivity index (χ1n) is 7.97. The standard InChI is InChI=1S/C19H21ClN2O2/c1-2-3-8-19(23)22-21-13-16-6-4-5-7-18(16)24-14-15-9-11-17(20)12-10-15/h4-7,9-13H,2-3,8,14H2,1H3,(H,22,23)/b21-13+. The smallest absolute Gasteiger partial charge is 0.240 e. The number of unbranched alkanes of at least 4 members (excludes halogenated alkanes) is 1. The maximum atomic E-state index is 11.5. The number of para-hydroxylation sites is 1. The van der Waals surface area contributed by atoms with Gasteiger partial charge in [0.2, 0.25) is 5.91 Å². The molecule has 0 atom stereocenters. The van der Waals surface area contributed by atoms with Crippen LogP contribution in [0.5, 0.6) is 5.75 Å². The second-order valence-electron chi connectivity index (χ2n) is 5.35.